The van der Waals surface area contributed by atoms with Crippen LogP contribution in [0, 0.1) is 5.92 Å². The Kier molecular flexibility index (Phi) is 4.59. The zero-order valence-electron chi connectivity index (χ0n) is 14.6. The van der Waals surface area contributed by atoms with E-state index >= 15 is 0 Å². The standard InChI is InChI=1S/C19H24F3N3O/c20-19(21,22)14-2-1-3-15(12-14)24-9-5-13(6-10-24)18(26)25-11-7-16-17(25)4-8-23-16/h1-3,12-13,16-17,23H,4-11H2. The summed E-state index contributed by atoms with van der Waals surface area (Å²) in [6.07, 6.45) is -0.863. The van der Waals surface area contributed by atoms with Crippen molar-refractivity contribution in [2.45, 2.75) is 43.9 Å². The third-order valence-corrected chi connectivity index (χ3v) is 6.06. The molecule has 7 heteroatoms. The van der Waals surface area contributed by atoms with E-state index < -0.39 is 11.7 Å². The largest absolute Gasteiger partial charge is 0.416 e. The number of carbonyl (C=O) groups is 1. The van der Waals surface area contributed by atoms with Gasteiger partial charge in [-0.05, 0) is 50.4 Å². The van der Waals surface area contributed by atoms with Gasteiger partial charge in [-0.1, -0.05) is 6.07 Å². The van der Waals surface area contributed by atoms with Crippen molar-refractivity contribution in [1.29, 1.82) is 0 Å². The fourth-order valence-electron chi connectivity index (χ4n) is 4.64. The number of piperidine rings is 1. The number of hydrogen-bond acceptors (Lipinski definition) is 3. The Balaban J connectivity index is 1.38. The minimum absolute atomic E-state index is 0.00333. The van der Waals surface area contributed by atoms with Crippen LogP contribution in [0.1, 0.15) is 31.2 Å². The highest BCUT2D eigenvalue weighted by Crippen LogP contribution is 2.34. The van der Waals surface area contributed by atoms with E-state index in [-0.39, 0.29) is 11.8 Å². The molecule has 26 heavy (non-hydrogen) atoms. The van der Waals surface area contributed by atoms with E-state index in [1.54, 1.807) is 6.07 Å². The highest BCUT2D eigenvalue weighted by Gasteiger charge is 2.42. The van der Waals surface area contributed by atoms with Gasteiger partial charge in [-0.25, -0.2) is 0 Å². The van der Waals surface area contributed by atoms with Crippen LogP contribution >= 0.6 is 0 Å². The van der Waals surface area contributed by atoms with Crippen molar-refractivity contribution >= 4 is 11.6 Å². The highest BCUT2D eigenvalue weighted by atomic mass is 19.4. The molecule has 0 aliphatic carbocycles. The Morgan fingerprint density at radius 2 is 1.85 bits per heavy atom. The lowest BCUT2D eigenvalue weighted by Gasteiger charge is -2.36. The van der Waals surface area contributed by atoms with Crippen molar-refractivity contribution in [2.75, 3.05) is 31.1 Å². The highest BCUT2D eigenvalue weighted by molar-refractivity contribution is 5.80. The molecule has 0 saturated carbocycles. The van der Waals surface area contributed by atoms with Gasteiger partial charge in [0.2, 0.25) is 5.91 Å². The molecule has 1 aromatic rings. The van der Waals surface area contributed by atoms with Gasteiger partial charge in [-0.3, -0.25) is 4.79 Å². The summed E-state index contributed by atoms with van der Waals surface area (Å²) in [4.78, 5) is 16.9. The van der Waals surface area contributed by atoms with Crippen LogP contribution in [0.3, 0.4) is 0 Å². The lowest BCUT2D eigenvalue weighted by Crippen LogP contribution is -2.45. The summed E-state index contributed by atoms with van der Waals surface area (Å²) in [6.45, 7) is 3.05. The number of alkyl halides is 3. The number of fused-ring (bicyclic) bond motifs is 1. The van der Waals surface area contributed by atoms with Gasteiger partial charge in [-0.2, -0.15) is 13.2 Å². The van der Waals surface area contributed by atoms with Crippen molar-refractivity contribution < 1.29 is 18.0 Å². The third-order valence-electron chi connectivity index (χ3n) is 6.06. The van der Waals surface area contributed by atoms with E-state index in [9.17, 15) is 18.0 Å². The second-order valence-electron chi connectivity index (χ2n) is 7.55. The summed E-state index contributed by atoms with van der Waals surface area (Å²) in [7, 11) is 0. The van der Waals surface area contributed by atoms with Crippen LogP contribution in [-0.4, -0.2) is 49.1 Å². The number of amides is 1. The van der Waals surface area contributed by atoms with Crippen molar-refractivity contribution in [3.05, 3.63) is 29.8 Å². The predicted molar refractivity (Wildman–Crippen MR) is 92.9 cm³/mol. The van der Waals surface area contributed by atoms with Crippen molar-refractivity contribution in [3.63, 3.8) is 0 Å². The zero-order valence-corrected chi connectivity index (χ0v) is 14.6. The summed E-state index contributed by atoms with van der Waals surface area (Å²) in [6, 6.07) is 6.25. The van der Waals surface area contributed by atoms with E-state index in [1.165, 1.54) is 12.1 Å². The summed E-state index contributed by atoms with van der Waals surface area (Å²) < 4.78 is 38.7. The van der Waals surface area contributed by atoms with Gasteiger partial charge < -0.3 is 15.1 Å². The summed E-state index contributed by atoms with van der Waals surface area (Å²) >= 11 is 0. The number of nitrogens with one attached hydrogen (secondary N) is 1. The number of nitrogens with zero attached hydrogens (tertiary/aromatic N) is 2. The number of carbonyl (C=O) groups excluding carboxylic acids is 1. The first-order valence-electron chi connectivity index (χ1n) is 9.39. The summed E-state index contributed by atoms with van der Waals surface area (Å²) in [5.41, 5.74) is -0.0306. The molecular weight excluding hydrogens is 343 g/mol. The van der Waals surface area contributed by atoms with Crippen LogP contribution in [0.5, 0.6) is 0 Å². The number of halogens is 3. The third kappa shape index (κ3) is 3.29. The topological polar surface area (TPSA) is 35.6 Å². The number of benzene rings is 1. The average Bonchev–Trinajstić information content (AvgIpc) is 3.24. The quantitative estimate of drug-likeness (QED) is 0.873. The first-order valence-corrected chi connectivity index (χ1v) is 9.39. The van der Waals surface area contributed by atoms with E-state index in [0.717, 1.165) is 32.0 Å². The molecule has 2 unspecified atom stereocenters. The van der Waals surface area contributed by atoms with Gasteiger partial charge in [-0.15, -0.1) is 0 Å². The van der Waals surface area contributed by atoms with Crippen LogP contribution in [0.15, 0.2) is 24.3 Å². The average molecular weight is 367 g/mol. The molecule has 1 aromatic carbocycles. The molecule has 3 saturated heterocycles. The first kappa shape index (κ1) is 17.6. The Labute approximate surface area is 151 Å². The maximum Gasteiger partial charge on any atom is 0.416 e. The zero-order chi connectivity index (χ0) is 18.3. The van der Waals surface area contributed by atoms with Crippen LogP contribution < -0.4 is 10.2 Å². The van der Waals surface area contributed by atoms with Gasteiger partial charge in [0.05, 0.1) is 5.56 Å². The number of anilines is 1. The molecule has 4 nitrogen and oxygen atoms in total. The number of rotatable bonds is 2. The molecule has 1 N–H and O–H groups in total. The van der Waals surface area contributed by atoms with E-state index in [4.69, 9.17) is 0 Å². The van der Waals surface area contributed by atoms with Gasteiger partial charge in [0, 0.05) is 43.3 Å². The van der Waals surface area contributed by atoms with Crippen molar-refractivity contribution in [2.24, 2.45) is 5.92 Å². The molecule has 142 valence electrons. The molecule has 3 aliphatic heterocycles. The summed E-state index contributed by atoms with van der Waals surface area (Å²) in [5.74, 6) is 0.237. The van der Waals surface area contributed by atoms with Crippen LogP contribution in [0.2, 0.25) is 0 Å². The van der Waals surface area contributed by atoms with Crippen LogP contribution in [0.4, 0.5) is 18.9 Å². The Hall–Kier alpha value is -1.76. The Morgan fingerprint density at radius 1 is 1.08 bits per heavy atom. The Morgan fingerprint density at radius 3 is 2.58 bits per heavy atom. The maximum atomic E-state index is 12.9. The second-order valence-corrected chi connectivity index (χ2v) is 7.55. The van der Waals surface area contributed by atoms with Gasteiger partial charge in [0.15, 0.2) is 0 Å². The van der Waals surface area contributed by atoms with Crippen LogP contribution in [0.25, 0.3) is 0 Å². The molecule has 0 radical (unpaired) electrons. The first-order chi connectivity index (χ1) is 12.4. The number of likely N-dealkylation sites (tertiary alicyclic amines) is 1. The van der Waals surface area contributed by atoms with Gasteiger partial charge >= 0.3 is 6.18 Å². The lowest BCUT2D eigenvalue weighted by atomic mass is 9.94. The fraction of sp³-hybridized carbons (Fsp3) is 0.632. The molecule has 0 bridgehead atoms. The molecule has 0 aromatic heterocycles. The second kappa shape index (κ2) is 6.76. The molecule has 4 rings (SSSR count). The number of hydrogen-bond donors (Lipinski definition) is 1. The lowest BCUT2D eigenvalue weighted by molar-refractivity contribution is -0.138. The minimum atomic E-state index is -4.33. The molecule has 1 amide bonds. The van der Waals surface area contributed by atoms with E-state index in [2.05, 4.69) is 10.2 Å². The maximum absolute atomic E-state index is 12.9. The molecule has 3 aliphatic rings. The van der Waals surface area contributed by atoms with Crippen LogP contribution in [-0.2, 0) is 11.0 Å². The molecular formula is C19H24F3N3O. The minimum Gasteiger partial charge on any atom is -0.371 e. The smallest absolute Gasteiger partial charge is 0.371 e. The monoisotopic (exact) mass is 367 g/mol. The van der Waals surface area contributed by atoms with E-state index in [1.807, 2.05) is 4.90 Å². The molecule has 2 atom stereocenters. The van der Waals surface area contributed by atoms with Crippen molar-refractivity contribution in [1.82, 2.24) is 10.2 Å². The molecule has 0 spiro atoms. The molecule has 3 fully saturated rings. The SMILES string of the molecule is O=C(C1CCN(c2cccc(C(F)(F)F)c2)CC1)N1CCC2NCCC21. The van der Waals surface area contributed by atoms with E-state index in [0.29, 0.717) is 43.7 Å². The molecule has 3 heterocycles. The van der Waals surface area contributed by atoms with Gasteiger partial charge in [0.1, 0.15) is 0 Å². The van der Waals surface area contributed by atoms with Gasteiger partial charge in [0.25, 0.3) is 0 Å². The fourth-order valence-corrected chi connectivity index (χ4v) is 4.64. The Bertz CT molecular complexity index is 670. The normalized spacial score (nSPS) is 27.0. The summed E-state index contributed by atoms with van der Waals surface area (Å²) in [5, 5.41) is 3.46. The predicted octanol–water partition coefficient (Wildman–Crippen LogP) is 2.88. The van der Waals surface area contributed by atoms with Crippen molar-refractivity contribution in [3.8, 4) is 0 Å².